The smallest absolute Gasteiger partial charge is 0.167 e. The Balaban J connectivity index is 1.70. The van der Waals surface area contributed by atoms with Crippen LogP contribution in [-0.2, 0) is 13.2 Å². The number of nitrogens with zero attached hydrogens (tertiary/aromatic N) is 1. The molecule has 1 aromatic heterocycles. The van der Waals surface area contributed by atoms with E-state index in [-0.39, 0.29) is 13.2 Å². The van der Waals surface area contributed by atoms with Gasteiger partial charge < -0.3 is 19.1 Å². The molecule has 0 atom stereocenters. The van der Waals surface area contributed by atoms with E-state index in [1.54, 1.807) is 25.3 Å². The Hall–Kier alpha value is -2.79. The van der Waals surface area contributed by atoms with Gasteiger partial charge in [-0.15, -0.1) is 0 Å². The van der Waals surface area contributed by atoms with Crippen LogP contribution in [0.25, 0.3) is 11.3 Å². The molecule has 0 fully saturated rings. The minimum Gasteiger partial charge on any atom is -0.493 e. The van der Waals surface area contributed by atoms with Gasteiger partial charge in [-0.25, -0.2) is 0 Å². The lowest BCUT2D eigenvalue weighted by molar-refractivity contribution is 0.268. The fraction of sp³-hybridized carbons (Fsp3) is 0.211. The summed E-state index contributed by atoms with van der Waals surface area (Å²) < 4.78 is 16.4. The third-order valence-electron chi connectivity index (χ3n) is 3.68. The van der Waals surface area contributed by atoms with Crippen molar-refractivity contribution >= 4 is 0 Å². The second-order valence-corrected chi connectivity index (χ2v) is 5.48. The van der Waals surface area contributed by atoms with Crippen molar-refractivity contribution in [1.29, 1.82) is 0 Å². The van der Waals surface area contributed by atoms with Gasteiger partial charge in [0.25, 0.3) is 0 Å². The highest BCUT2D eigenvalue weighted by Crippen LogP contribution is 2.29. The Morgan fingerprint density at radius 3 is 2.54 bits per heavy atom. The third kappa shape index (κ3) is 3.58. The molecule has 0 aliphatic heterocycles. The average molecular weight is 325 g/mol. The van der Waals surface area contributed by atoms with Crippen LogP contribution >= 0.6 is 0 Å². The lowest BCUT2D eigenvalue weighted by Crippen LogP contribution is -1.98. The SMILES string of the molecule is COc1cc(CO)ccc1OCc1cc(-c2ccc(C)cc2)on1. The van der Waals surface area contributed by atoms with Gasteiger partial charge in [-0.1, -0.05) is 41.1 Å². The number of aliphatic hydroxyl groups excluding tert-OH is 1. The van der Waals surface area contributed by atoms with E-state index in [2.05, 4.69) is 5.16 Å². The summed E-state index contributed by atoms with van der Waals surface area (Å²) in [4.78, 5) is 0. The van der Waals surface area contributed by atoms with Crippen LogP contribution in [0.3, 0.4) is 0 Å². The highest BCUT2D eigenvalue weighted by atomic mass is 16.5. The minimum atomic E-state index is -0.0418. The summed E-state index contributed by atoms with van der Waals surface area (Å²) in [6.07, 6.45) is 0. The Bertz CT molecular complexity index is 808. The number of aromatic nitrogens is 1. The zero-order valence-electron chi connectivity index (χ0n) is 13.7. The van der Waals surface area contributed by atoms with Crippen LogP contribution in [0.4, 0.5) is 0 Å². The van der Waals surface area contributed by atoms with Gasteiger partial charge in [-0.3, -0.25) is 0 Å². The van der Waals surface area contributed by atoms with Crippen LogP contribution in [0.1, 0.15) is 16.8 Å². The van der Waals surface area contributed by atoms with E-state index >= 15 is 0 Å². The summed E-state index contributed by atoms with van der Waals surface area (Å²) in [6.45, 7) is 2.27. The van der Waals surface area contributed by atoms with Gasteiger partial charge in [0.15, 0.2) is 17.3 Å². The number of hydrogen-bond acceptors (Lipinski definition) is 5. The summed E-state index contributed by atoms with van der Waals surface area (Å²) in [5, 5.41) is 13.2. The first kappa shape index (κ1) is 16.1. The molecule has 5 heteroatoms. The highest BCUT2D eigenvalue weighted by molar-refractivity contribution is 5.57. The second-order valence-electron chi connectivity index (χ2n) is 5.48. The number of rotatable bonds is 6. The largest absolute Gasteiger partial charge is 0.493 e. The molecule has 0 spiro atoms. The van der Waals surface area contributed by atoms with Crippen molar-refractivity contribution < 1.29 is 19.1 Å². The Labute approximate surface area is 140 Å². The Morgan fingerprint density at radius 2 is 1.83 bits per heavy atom. The van der Waals surface area contributed by atoms with E-state index in [1.165, 1.54) is 5.56 Å². The first-order valence-electron chi connectivity index (χ1n) is 7.63. The molecule has 1 heterocycles. The van der Waals surface area contributed by atoms with Crippen LogP contribution in [-0.4, -0.2) is 17.4 Å². The normalized spacial score (nSPS) is 10.6. The van der Waals surface area contributed by atoms with E-state index < -0.39 is 0 Å². The molecule has 0 saturated heterocycles. The molecule has 0 bridgehead atoms. The molecule has 1 N–H and O–H groups in total. The van der Waals surface area contributed by atoms with Gasteiger partial charge in [-0.05, 0) is 24.6 Å². The number of hydrogen-bond donors (Lipinski definition) is 1. The van der Waals surface area contributed by atoms with Gasteiger partial charge in [0.2, 0.25) is 0 Å². The molecule has 2 aromatic carbocycles. The van der Waals surface area contributed by atoms with Gasteiger partial charge >= 0.3 is 0 Å². The van der Waals surface area contributed by atoms with Crippen molar-refractivity contribution in [1.82, 2.24) is 5.16 Å². The number of ether oxygens (including phenoxy) is 2. The molecule has 0 aliphatic carbocycles. The summed E-state index contributed by atoms with van der Waals surface area (Å²) in [7, 11) is 1.56. The Kier molecular flexibility index (Phi) is 4.82. The quantitative estimate of drug-likeness (QED) is 0.748. The average Bonchev–Trinajstić information content (AvgIpc) is 3.09. The number of aryl methyl sites for hydroxylation is 1. The van der Waals surface area contributed by atoms with E-state index in [1.807, 2.05) is 37.3 Å². The molecule has 3 rings (SSSR count). The molecule has 3 aromatic rings. The molecule has 0 saturated carbocycles. The highest BCUT2D eigenvalue weighted by Gasteiger charge is 2.10. The molecular weight excluding hydrogens is 306 g/mol. The van der Waals surface area contributed by atoms with Crippen LogP contribution in [0.15, 0.2) is 53.1 Å². The van der Waals surface area contributed by atoms with Crippen molar-refractivity contribution in [2.75, 3.05) is 7.11 Å². The van der Waals surface area contributed by atoms with Crippen molar-refractivity contribution in [3.63, 3.8) is 0 Å². The molecule has 0 unspecified atom stereocenters. The molecule has 124 valence electrons. The summed E-state index contributed by atoms with van der Waals surface area (Å²) in [6, 6.07) is 15.2. The first-order valence-corrected chi connectivity index (χ1v) is 7.63. The van der Waals surface area contributed by atoms with E-state index in [0.717, 1.165) is 11.1 Å². The fourth-order valence-electron chi connectivity index (χ4n) is 2.32. The fourth-order valence-corrected chi connectivity index (χ4v) is 2.32. The lowest BCUT2D eigenvalue weighted by atomic mass is 10.1. The molecule has 0 aliphatic rings. The maximum atomic E-state index is 9.17. The minimum absolute atomic E-state index is 0.0418. The van der Waals surface area contributed by atoms with Crippen LogP contribution in [0.2, 0.25) is 0 Å². The number of aliphatic hydroxyl groups is 1. The standard InChI is InChI=1S/C19H19NO4/c1-13-3-6-15(7-4-13)18-10-16(20-24-18)12-23-17-8-5-14(11-21)9-19(17)22-2/h3-10,21H,11-12H2,1-2H3. The van der Waals surface area contributed by atoms with E-state index in [9.17, 15) is 0 Å². The predicted octanol–water partition coefficient (Wildman–Crippen LogP) is 3.73. The van der Waals surface area contributed by atoms with Crippen molar-refractivity contribution in [2.45, 2.75) is 20.1 Å². The van der Waals surface area contributed by atoms with Gasteiger partial charge in [0, 0.05) is 11.6 Å². The molecule has 24 heavy (non-hydrogen) atoms. The predicted molar refractivity (Wildman–Crippen MR) is 89.9 cm³/mol. The first-order chi connectivity index (χ1) is 11.7. The van der Waals surface area contributed by atoms with E-state index in [0.29, 0.717) is 23.0 Å². The van der Waals surface area contributed by atoms with Gasteiger partial charge in [0.05, 0.1) is 13.7 Å². The monoisotopic (exact) mass is 325 g/mol. The molecule has 0 amide bonds. The van der Waals surface area contributed by atoms with Crippen LogP contribution in [0.5, 0.6) is 11.5 Å². The molecule has 5 nitrogen and oxygen atoms in total. The maximum absolute atomic E-state index is 9.17. The van der Waals surface area contributed by atoms with Crippen molar-refractivity contribution in [3.05, 3.63) is 65.4 Å². The molecule has 0 radical (unpaired) electrons. The Morgan fingerprint density at radius 1 is 1.04 bits per heavy atom. The van der Waals surface area contributed by atoms with Crippen molar-refractivity contribution in [2.24, 2.45) is 0 Å². The zero-order valence-corrected chi connectivity index (χ0v) is 13.7. The maximum Gasteiger partial charge on any atom is 0.167 e. The molecular formula is C19H19NO4. The van der Waals surface area contributed by atoms with Crippen LogP contribution < -0.4 is 9.47 Å². The van der Waals surface area contributed by atoms with Crippen molar-refractivity contribution in [3.8, 4) is 22.8 Å². The summed E-state index contributed by atoms with van der Waals surface area (Å²) >= 11 is 0. The van der Waals surface area contributed by atoms with Gasteiger partial charge in [-0.2, -0.15) is 0 Å². The lowest BCUT2D eigenvalue weighted by Gasteiger charge is -2.10. The zero-order chi connectivity index (χ0) is 16.9. The topological polar surface area (TPSA) is 64.7 Å². The van der Waals surface area contributed by atoms with Gasteiger partial charge in [0.1, 0.15) is 12.3 Å². The third-order valence-corrected chi connectivity index (χ3v) is 3.68. The van der Waals surface area contributed by atoms with E-state index in [4.69, 9.17) is 19.1 Å². The van der Waals surface area contributed by atoms with Crippen LogP contribution in [0, 0.1) is 6.92 Å². The number of methoxy groups -OCH3 is 1. The summed E-state index contributed by atoms with van der Waals surface area (Å²) in [5.41, 5.74) is 3.63. The summed E-state index contributed by atoms with van der Waals surface area (Å²) in [5.74, 6) is 1.87. The number of benzene rings is 2. The second kappa shape index (κ2) is 7.19.